The maximum absolute atomic E-state index is 5.67. The van der Waals surface area contributed by atoms with Gasteiger partial charge in [0.1, 0.15) is 6.61 Å². The quantitative estimate of drug-likeness (QED) is 0.565. The topological polar surface area (TPSA) is 30.5 Å². The Bertz CT molecular complexity index is 384. The van der Waals surface area contributed by atoms with Crippen LogP contribution in [-0.2, 0) is 0 Å². The van der Waals surface area contributed by atoms with Crippen molar-refractivity contribution in [3.8, 4) is 23.8 Å². The molecule has 0 radical (unpaired) electrons. The Hall–Kier alpha value is -1.66. The number of nitrogens with one attached hydrogen (secondary N) is 1. The van der Waals surface area contributed by atoms with Crippen molar-refractivity contribution in [1.82, 2.24) is 5.32 Å². The van der Waals surface area contributed by atoms with E-state index >= 15 is 0 Å². The van der Waals surface area contributed by atoms with Crippen LogP contribution in [0.3, 0.4) is 0 Å². The predicted octanol–water partition coefficient (Wildman–Crippen LogP) is 2.47. The molecule has 98 valence electrons. The third kappa shape index (κ3) is 4.68. The molecular formula is C15H21NO2. The molecule has 0 bridgehead atoms. The molecule has 3 heteroatoms. The number of hydrogen-bond acceptors (Lipinski definition) is 3. The molecule has 0 aliphatic heterocycles. The summed E-state index contributed by atoms with van der Waals surface area (Å²) in [6.07, 6.45) is 6.29. The molecule has 0 spiro atoms. The fourth-order valence-electron chi connectivity index (χ4n) is 1.56. The highest BCUT2D eigenvalue weighted by Gasteiger charge is 2.04. The lowest BCUT2D eigenvalue weighted by atomic mass is 10.2. The lowest BCUT2D eigenvalue weighted by Crippen LogP contribution is -2.30. The molecule has 0 saturated heterocycles. The highest BCUT2D eigenvalue weighted by molar-refractivity contribution is 5.39. The van der Waals surface area contributed by atoms with Crippen LogP contribution in [-0.4, -0.2) is 25.8 Å². The van der Waals surface area contributed by atoms with Gasteiger partial charge in [0, 0.05) is 6.54 Å². The minimum atomic E-state index is 0.121. The first-order chi connectivity index (χ1) is 8.81. The van der Waals surface area contributed by atoms with E-state index in [1.807, 2.05) is 31.2 Å². The SMILES string of the molecule is C#CC(CC)NCCOc1ccccc1OCC. The van der Waals surface area contributed by atoms with Crippen molar-refractivity contribution in [3.63, 3.8) is 0 Å². The summed E-state index contributed by atoms with van der Waals surface area (Å²) in [6.45, 7) is 5.94. The van der Waals surface area contributed by atoms with Gasteiger partial charge in [0.25, 0.3) is 0 Å². The second-order valence-corrected chi connectivity index (χ2v) is 3.81. The van der Waals surface area contributed by atoms with E-state index in [4.69, 9.17) is 15.9 Å². The van der Waals surface area contributed by atoms with E-state index in [1.54, 1.807) is 0 Å². The predicted molar refractivity (Wildman–Crippen MR) is 74.0 cm³/mol. The number of terminal acetylenes is 1. The third-order valence-corrected chi connectivity index (χ3v) is 2.51. The zero-order valence-electron chi connectivity index (χ0n) is 11.1. The van der Waals surface area contributed by atoms with Crippen LogP contribution in [0.15, 0.2) is 24.3 Å². The number of para-hydroxylation sites is 2. The van der Waals surface area contributed by atoms with Gasteiger partial charge in [-0.05, 0) is 25.5 Å². The summed E-state index contributed by atoms with van der Waals surface area (Å²) < 4.78 is 11.2. The van der Waals surface area contributed by atoms with Crippen LogP contribution < -0.4 is 14.8 Å². The molecule has 3 nitrogen and oxygen atoms in total. The molecule has 1 atom stereocenters. The van der Waals surface area contributed by atoms with Crippen molar-refractivity contribution in [3.05, 3.63) is 24.3 Å². The Kier molecular flexibility index (Phi) is 6.75. The van der Waals surface area contributed by atoms with Gasteiger partial charge >= 0.3 is 0 Å². The Morgan fingerprint density at radius 1 is 1.22 bits per heavy atom. The molecule has 0 amide bonds. The second-order valence-electron chi connectivity index (χ2n) is 3.81. The monoisotopic (exact) mass is 247 g/mol. The van der Waals surface area contributed by atoms with Crippen LogP contribution in [0.1, 0.15) is 20.3 Å². The summed E-state index contributed by atoms with van der Waals surface area (Å²) in [5.74, 6) is 4.25. The Morgan fingerprint density at radius 2 is 1.89 bits per heavy atom. The fraction of sp³-hybridized carbons (Fsp3) is 0.467. The minimum Gasteiger partial charge on any atom is -0.490 e. The Labute approximate surface area is 109 Å². The molecule has 0 aliphatic rings. The molecule has 0 aromatic heterocycles. The van der Waals surface area contributed by atoms with E-state index in [-0.39, 0.29) is 6.04 Å². The largest absolute Gasteiger partial charge is 0.490 e. The average molecular weight is 247 g/mol. The van der Waals surface area contributed by atoms with Gasteiger partial charge in [-0.1, -0.05) is 25.0 Å². The van der Waals surface area contributed by atoms with Crippen LogP contribution >= 0.6 is 0 Å². The van der Waals surface area contributed by atoms with Gasteiger partial charge in [-0.3, -0.25) is 0 Å². The van der Waals surface area contributed by atoms with Gasteiger partial charge in [-0.25, -0.2) is 0 Å². The summed E-state index contributed by atoms with van der Waals surface area (Å²) in [5, 5.41) is 3.24. The Balaban J connectivity index is 2.37. The van der Waals surface area contributed by atoms with Gasteiger partial charge in [0.05, 0.1) is 12.6 Å². The molecule has 0 fully saturated rings. The molecule has 1 aromatic carbocycles. The lowest BCUT2D eigenvalue weighted by molar-refractivity contribution is 0.274. The maximum Gasteiger partial charge on any atom is 0.161 e. The summed E-state index contributed by atoms with van der Waals surface area (Å²) in [4.78, 5) is 0. The van der Waals surface area contributed by atoms with Crippen molar-refractivity contribution in [2.24, 2.45) is 0 Å². The van der Waals surface area contributed by atoms with Crippen LogP contribution in [0.5, 0.6) is 11.5 Å². The fourth-order valence-corrected chi connectivity index (χ4v) is 1.56. The number of hydrogen-bond donors (Lipinski definition) is 1. The molecule has 18 heavy (non-hydrogen) atoms. The molecule has 1 N–H and O–H groups in total. The Morgan fingerprint density at radius 3 is 2.44 bits per heavy atom. The highest BCUT2D eigenvalue weighted by Crippen LogP contribution is 2.25. The minimum absolute atomic E-state index is 0.121. The third-order valence-electron chi connectivity index (χ3n) is 2.51. The lowest BCUT2D eigenvalue weighted by Gasteiger charge is -2.13. The van der Waals surface area contributed by atoms with Crippen molar-refractivity contribution >= 4 is 0 Å². The first-order valence-corrected chi connectivity index (χ1v) is 6.35. The highest BCUT2D eigenvalue weighted by atomic mass is 16.5. The smallest absolute Gasteiger partial charge is 0.161 e. The zero-order chi connectivity index (χ0) is 13.2. The van der Waals surface area contributed by atoms with Crippen molar-refractivity contribution in [2.75, 3.05) is 19.8 Å². The molecule has 1 unspecified atom stereocenters. The number of ether oxygens (including phenoxy) is 2. The van der Waals surface area contributed by atoms with E-state index in [9.17, 15) is 0 Å². The molecule has 0 saturated carbocycles. The first kappa shape index (κ1) is 14.4. The summed E-state index contributed by atoms with van der Waals surface area (Å²) >= 11 is 0. The van der Waals surface area contributed by atoms with Gasteiger partial charge < -0.3 is 14.8 Å². The first-order valence-electron chi connectivity index (χ1n) is 6.35. The van der Waals surface area contributed by atoms with Crippen LogP contribution in [0.2, 0.25) is 0 Å². The standard InChI is InChI=1S/C15H21NO2/c1-4-13(5-2)16-11-12-18-15-10-8-7-9-14(15)17-6-3/h1,7-10,13,16H,5-6,11-12H2,2-3H3. The summed E-state index contributed by atoms with van der Waals surface area (Å²) in [5.41, 5.74) is 0. The van der Waals surface area contributed by atoms with Crippen LogP contribution in [0.25, 0.3) is 0 Å². The van der Waals surface area contributed by atoms with Crippen molar-refractivity contribution in [1.29, 1.82) is 0 Å². The van der Waals surface area contributed by atoms with E-state index in [1.165, 1.54) is 0 Å². The molecular weight excluding hydrogens is 226 g/mol. The van der Waals surface area contributed by atoms with Crippen molar-refractivity contribution in [2.45, 2.75) is 26.3 Å². The van der Waals surface area contributed by atoms with Gasteiger partial charge in [0.2, 0.25) is 0 Å². The van der Waals surface area contributed by atoms with Crippen LogP contribution in [0, 0.1) is 12.3 Å². The van der Waals surface area contributed by atoms with Crippen molar-refractivity contribution < 1.29 is 9.47 Å². The zero-order valence-corrected chi connectivity index (χ0v) is 11.1. The number of benzene rings is 1. The number of rotatable bonds is 8. The molecule has 0 heterocycles. The van der Waals surface area contributed by atoms with Gasteiger partial charge in [-0.2, -0.15) is 0 Å². The molecule has 1 aromatic rings. The molecule has 1 rings (SSSR count). The summed E-state index contributed by atoms with van der Waals surface area (Å²) in [7, 11) is 0. The average Bonchev–Trinajstić information content (AvgIpc) is 2.41. The van der Waals surface area contributed by atoms with E-state index in [2.05, 4.69) is 18.2 Å². The van der Waals surface area contributed by atoms with Crippen LogP contribution in [0.4, 0.5) is 0 Å². The summed E-state index contributed by atoms with van der Waals surface area (Å²) in [6, 6.07) is 7.80. The normalized spacial score (nSPS) is 11.6. The van der Waals surface area contributed by atoms with E-state index in [0.717, 1.165) is 24.5 Å². The molecule has 0 aliphatic carbocycles. The van der Waals surface area contributed by atoms with Gasteiger partial charge in [-0.15, -0.1) is 6.42 Å². The van der Waals surface area contributed by atoms with E-state index < -0.39 is 0 Å². The van der Waals surface area contributed by atoms with E-state index in [0.29, 0.717) is 13.2 Å². The second kappa shape index (κ2) is 8.43. The maximum atomic E-state index is 5.67. The van der Waals surface area contributed by atoms with Gasteiger partial charge in [0.15, 0.2) is 11.5 Å².